The summed E-state index contributed by atoms with van der Waals surface area (Å²) in [6.45, 7) is 3.42. The maximum Gasteiger partial charge on any atom is 0.162 e. The number of nitriles is 1. The highest BCUT2D eigenvalue weighted by Gasteiger charge is 2.20. The number of anilines is 1. The third kappa shape index (κ3) is 5.13. The van der Waals surface area contributed by atoms with Gasteiger partial charge in [0.15, 0.2) is 5.78 Å². The summed E-state index contributed by atoms with van der Waals surface area (Å²) in [5.41, 5.74) is 4.84. The van der Waals surface area contributed by atoms with Crippen molar-refractivity contribution in [1.82, 2.24) is 0 Å². The molecule has 1 aromatic heterocycles. The summed E-state index contributed by atoms with van der Waals surface area (Å²) in [5.74, 6) is 1.25. The minimum absolute atomic E-state index is 0.0825. The van der Waals surface area contributed by atoms with E-state index in [4.69, 9.17) is 25.5 Å². The molecule has 0 spiro atoms. The molecule has 0 bridgehead atoms. The molecule has 0 amide bonds. The van der Waals surface area contributed by atoms with Crippen molar-refractivity contribution in [3.63, 3.8) is 0 Å². The van der Waals surface area contributed by atoms with Gasteiger partial charge < -0.3 is 19.2 Å². The van der Waals surface area contributed by atoms with Gasteiger partial charge in [-0.2, -0.15) is 5.26 Å². The number of fused-ring (bicyclic) bond motifs is 1. The van der Waals surface area contributed by atoms with Crippen molar-refractivity contribution >= 4 is 34.0 Å². The Morgan fingerprint density at radius 1 is 1.13 bits per heavy atom. The van der Waals surface area contributed by atoms with Crippen LogP contribution in [0.3, 0.4) is 0 Å². The second-order valence-corrected chi connectivity index (χ2v) is 9.85. The molecular formula is C31H29ClN2O4. The fourth-order valence-electron chi connectivity index (χ4n) is 4.90. The number of Topliss-reactive ketones (excluding diaryl/α,β-unsaturated/α-hetero) is 1. The average molecular weight is 529 g/mol. The second-order valence-electron chi connectivity index (χ2n) is 9.44. The quantitative estimate of drug-likeness (QED) is 0.234. The number of ketones is 1. The number of furan rings is 1. The van der Waals surface area contributed by atoms with Crippen molar-refractivity contribution in [2.75, 3.05) is 25.6 Å². The van der Waals surface area contributed by atoms with Crippen LogP contribution in [-0.4, -0.2) is 32.1 Å². The summed E-state index contributed by atoms with van der Waals surface area (Å²) in [6.07, 6.45) is 3.09. The van der Waals surface area contributed by atoms with E-state index in [-0.39, 0.29) is 11.8 Å². The predicted octanol–water partition coefficient (Wildman–Crippen LogP) is 7.87. The molecule has 0 atom stereocenters. The molecule has 4 aromatic rings. The first kappa shape index (κ1) is 25.8. The van der Waals surface area contributed by atoms with Crippen LogP contribution in [0.2, 0.25) is 5.02 Å². The molecule has 2 heterocycles. The van der Waals surface area contributed by atoms with E-state index in [0.717, 1.165) is 60.2 Å². The summed E-state index contributed by atoms with van der Waals surface area (Å²) < 4.78 is 17.4. The molecule has 0 unspecified atom stereocenters. The van der Waals surface area contributed by atoms with Gasteiger partial charge in [0.1, 0.15) is 23.2 Å². The van der Waals surface area contributed by atoms with Crippen molar-refractivity contribution in [2.45, 2.75) is 38.6 Å². The molecular weight excluding hydrogens is 500 g/mol. The summed E-state index contributed by atoms with van der Waals surface area (Å²) in [6, 6.07) is 19.4. The zero-order valence-electron chi connectivity index (χ0n) is 21.5. The Kier molecular flexibility index (Phi) is 7.69. The molecule has 7 heteroatoms. The van der Waals surface area contributed by atoms with Crippen LogP contribution in [-0.2, 0) is 4.74 Å². The van der Waals surface area contributed by atoms with Crippen LogP contribution in [0, 0.1) is 11.3 Å². The normalized spacial score (nSPS) is 13.8. The lowest BCUT2D eigenvalue weighted by molar-refractivity contribution is 0.0904. The van der Waals surface area contributed by atoms with Crippen molar-refractivity contribution in [1.29, 1.82) is 5.26 Å². The molecule has 5 rings (SSSR count). The maximum absolute atomic E-state index is 12.4. The highest BCUT2D eigenvalue weighted by atomic mass is 35.5. The van der Waals surface area contributed by atoms with Crippen LogP contribution in [0.4, 0.5) is 5.69 Å². The van der Waals surface area contributed by atoms with E-state index in [2.05, 4.69) is 11.4 Å². The van der Waals surface area contributed by atoms with Crippen molar-refractivity contribution in [3.8, 4) is 34.3 Å². The van der Waals surface area contributed by atoms with Crippen molar-refractivity contribution in [2.24, 2.45) is 0 Å². The molecule has 1 aliphatic rings. The fraction of sp³-hybridized carbons (Fsp3) is 0.290. The Morgan fingerprint density at radius 3 is 2.68 bits per heavy atom. The van der Waals surface area contributed by atoms with E-state index in [1.54, 1.807) is 19.2 Å². The predicted molar refractivity (Wildman–Crippen MR) is 150 cm³/mol. The largest absolute Gasteiger partial charge is 0.496 e. The lowest BCUT2D eigenvalue weighted by Gasteiger charge is -2.24. The van der Waals surface area contributed by atoms with E-state index >= 15 is 0 Å². The topological polar surface area (TPSA) is 84.5 Å². The van der Waals surface area contributed by atoms with Gasteiger partial charge in [-0.05, 0) is 67.3 Å². The number of carbonyl (C=O) groups is 1. The standard InChI is InChI=1S/C31H29ClN2O4/c1-3-4-27(35)19-5-8-24(28(16-19)36-2)29-17-21-6-9-25(32)30(31(21)38-29)20-7-10-26(22(15-20)18-33)34-23-11-13-37-14-12-23/h5-10,15-17,23,34H,3-4,11-14H2,1-2H3. The molecule has 1 saturated heterocycles. The van der Waals surface area contributed by atoms with E-state index in [1.165, 1.54) is 0 Å². The number of nitrogens with one attached hydrogen (secondary N) is 1. The van der Waals surface area contributed by atoms with Gasteiger partial charge in [0.25, 0.3) is 0 Å². The molecule has 38 heavy (non-hydrogen) atoms. The minimum atomic E-state index is 0.0825. The van der Waals surface area contributed by atoms with Gasteiger partial charge in [-0.25, -0.2) is 0 Å². The maximum atomic E-state index is 12.4. The summed E-state index contributed by atoms with van der Waals surface area (Å²) in [4.78, 5) is 12.4. The lowest BCUT2D eigenvalue weighted by atomic mass is 9.99. The van der Waals surface area contributed by atoms with Gasteiger partial charge in [0, 0.05) is 42.2 Å². The summed E-state index contributed by atoms with van der Waals surface area (Å²) >= 11 is 6.69. The number of nitrogens with zero attached hydrogens (tertiary/aromatic N) is 1. The van der Waals surface area contributed by atoms with Crippen LogP contribution in [0.15, 0.2) is 59.0 Å². The number of methoxy groups -OCH3 is 1. The zero-order chi connectivity index (χ0) is 26.6. The van der Waals surface area contributed by atoms with E-state index in [1.807, 2.05) is 49.4 Å². The Bertz CT molecular complexity index is 1530. The van der Waals surface area contributed by atoms with Crippen LogP contribution in [0.25, 0.3) is 33.4 Å². The first-order chi connectivity index (χ1) is 18.5. The van der Waals surface area contributed by atoms with E-state index in [0.29, 0.717) is 39.7 Å². The molecule has 0 radical (unpaired) electrons. The monoisotopic (exact) mass is 528 g/mol. The highest BCUT2D eigenvalue weighted by molar-refractivity contribution is 6.35. The molecule has 1 aliphatic heterocycles. The van der Waals surface area contributed by atoms with E-state index in [9.17, 15) is 10.1 Å². The van der Waals surface area contributed by atoms with Crippen molar-refractivity contribution < 1.29 is 18.7 Å². The van der Waals surface area contributed by atoms with Crippen molar-refractivity contribution in [3.05, 3.63) is 70.7 Å². The van der Waals surface area contributed by atoms with Crippen LogP contribution < -0.4 is 10.1 Å². The average Bonchev–Trinajstić information content (AvgIpc) is 3.37. The number of benzene rings is 3. The Balaban J connectivity index is 1.54. The third-order valence-electron chi connectivity index (χ3n) is 6.91. The number of hydrogen-bond acceptors (Lipinski definition) is 6. The molecule has 3 aromatic carbocycles. The number of ether oxygens (including phenoxy) is 2. The minimum Gasteiger partial charge on any atom is -0.496 e. The fourth-order valence-corrected chi connectivity index (χ4v) is 5.16. The SMILES string of the molecule is CCCC(=O)c1ccc(-c2cc3ccc(Cl)c(-c4ccc(NC5CCOCC5)c(C#N)c4)c3o2)c(OC)c1. The zero-order valence-corrected chi connectivity index (χ0v) is 22.2. The van der Waals surface area contributed by atoms with Gasteiger partial charge in [-0.3, -0.25) is 4.79 Å². The van der Waals surface area contributed by atoms with Crippen LogP contribution in [0.1, 0.15) is 48.5 Å². The number of carbonyl (C=O) groups excluding carboxylic acids is 1. The number of halogens is 1. The van der Waals surface area contributed by atoms with Gasteiger partial charge in [-0.1, -0.05) is 30.7 Å². The first-order valence-electron chi connectivity index (χ1n) is 12.8. The van der Waals surface area contributed by atoms with E-state index < -0.39 is 0 Å². The van der Waals surface area contributed by atoms with Gasteiger partial charge in [-0.15, -0.1) is 0 Å². The van der Waals surface area contributed by atoms with Gasteiger partial charge in [0.05, 0.1) is 28.9 Å². The molecule has 6 nitrogen and oxygen atoms in total. The highest BCUT2D eigenvalue weighted by Crippen LogP contribution is 2.42. The van der Waals surface area contributed by atoms with Gasteiger partial charge >= 0.3 is 0 Å². The summed E-state index contributed by atoms with van der Waals surface area (Å²) in [7, 11) is 1.58. The van der Waals surface area contributed by atoms with Crippen LogP contribution in [0.5, 0.6) is 5.75 Å². The smallest absolute Gasteiger partial charge is 0.162 e. The lowest BCUT2D eigenvalue weighted by Crippen LogP contribution is -2.28. The third-order valence-corrected chi connectivity index (χ3v) is 7.23. The Hall–Kier alpha value is -3.79. The first-order valence-corrected chi connectivity index (χ1v) is 13.2. The summed E-state index contributed by atoms with van der Waals surface area (Å²) in [5, 5.41) is 14.8. The molecule has 0 aliphatic carbocycles. The van der Waals surface area contributed by atoms with Gasteiger partial charge in [0.2, 0.25) is 0 Å². The number of rotatable bonds is 8. The van der Waals surface area contributed by atoms with Crippen LogP contribution >= 0.6 is 11.6 Å². The molecule has 1 fully saturated rings. The molecule has 194 valence electrons. The Morgan fingerprint density at radius 2 is 1.95 bits per heavy atom. The molecule has 0 saturated carbocycles. The molecule has 1 N–H and O–H groups in total. The second kappa shape index (κ2) is 11.3. The Labute approximate surface area is 227 Å². The number of hydrogen-bond donors (Lipinski definition) is 1.